The summed E-state index contributed by atoms with van der Waals surface area (Å²) in [5.74, 6) is 0.769. The first-order valence-corrected chi connectivity index (χ1v) is 5.48. The van der Waals surface area contributed by atoms with Gasteiger partial charge in [-0.15, -0.1) is 0 Å². The van der Waals surface area contributed by atoms with Crippen LogP contribution < -0.4 is 5.73 Å². The maximum Gasteiger partial charge on any atom is 0.0651 e. The van der Waals surface area contributed by atoms with Crippen molar-refractivity contribution in [1.82, 2.24) is 4.98 Å². The molecule has 0 unspecified atom stereocenters. The molecule has 76 valence electrons. The SMILES string of the molecule is N[C@@H](CC1CC1)c1c(Cl)cncc1Cl. The Hall–Kier alpha value is -0.310. The van der Waals surface area contributed by atoms with Crippen molar-refractivity contribution in [2.45, 2.75) is 25.3 Å². The van der Waals surface area contributed by atoms with E-state index in [1.54, 1.807) is 12.4 Å². The molecule has 0 saturated heterocycles. The molecule has 14 heavy (non-hydrogen) atoms. The lowest BCUT2D eigenvalue weighted by molar-refractivity contribution is 0.597. The van der Waals surface area contributed by atoms with Crippen LogP contribution in [0.1, 0.15) is 30.9 Å². The second-order valence-corrected chi connectivity index (χ2v) is 4.62. The van der Waals surface area contributed by atoms with Gasteiger partial charge in [-0.25, -0.2) is 0 Å². The number of hydrogen-bond donors (Lipinski definition) is 1. The van der Waals surface area contributed by atoms with Crippen LogP contribution in [-0.2, 0) is 0 Å². The van der Waals surface area contributed by atoms with Crippen LogP contribution in [0.3, 0.4) is 0 Å². The zero-order valence-corrected chi connectivity index (χ0v) is 9.22. The van der Waals surface area contributed by atoms with Crippen molar-refractivity contribution >= 4 is 23.2 Å². The van der Waals surface area contributed by atoms with Crippen LogP contribution in [0.25, 0.3) is 0 Å². The Morgan fingerprint density at radius 2 is 1.93 bits per heavy atom. The molecule has 0 bridgehead atoms. The highest BCUT2D eigenvalue weighted by atomic mass is 35.5. The summed E-state index contributed by atoms with van der Waals surface area (Å²) >= 11 is 12.0. The number of aromatic nitrogens is 1. The largest absolute Gasteiger partial charge is 0.324 e. The van der Waals surface area contributed by atoms with Crippen LogP contribution in [0.4, 0.5) is 0 Å². The smallest absolute Gasteiger partial charge is 0.0651 e. The van der Waals surface area contributed by atoms with Crippen LogP contribution in [0.5, 0.6) is 0 Å². The molecule has 0 aliphatic heterocycles. The van der Waals surface area contributed by atoms with E-state index >= 15 is 0 Å². The summed E-state index contributed by atoms with van der Waals surface area (Å²) in [6.07, 6.45) is 6.73. The fraction of sp³-hybridized carbons (Fsp3) is 0.500. The molecule has 0 spiro atoms. The minimum atomic E-state index is -0.0505. The van der Waals surface area contributed by atoms with Crippen molar-refractivity contribution in [2.24, 2.45) is 11.7 Å². The van der Waals surface area contributed by atoms with Crippen molar-refractivity contribution in [3.63, 3.8) is 0 Å². The van der Waals surface area contributed by atoms with Crippen LogP contribution in [-0.4, -0.2) is 4.98 Å². The monoisotopic (exact) mass is 230 g/mol. The molecule has 1 atom stereocenters. The van der Waals surface area contributed by atoms with Crippen molar-refractivity contribution in [3.8, 4) is 0 Å². The molecule has 1 aliphatic carbocycles. The number of pyridine rings is 1. The van der Waals surface area contributed by atoms with Gasteiger partial charge in [0.05, 0.1) is 10.0 Å². The van der Waals surface area contributed by atoms with Gasteiger partial charge in [0, 0.05) is 24.0 Å². The number of nitrogens with zero attached hydrogens (tertiary/aromatic N) is 1. The predicted octanol–water partition coefficient (Wildman–Crippen LogP) is 3.19. The summed E-state index contributed by atoms with van der Waals surface area (Å²) in [7, 11) is 0. The molecule has 1 aromatic rings. The molecular formula is C10H12Cl2N2. The Balaban J connectivity index is 2.19. The van der Waals surface area contributed by atoms with Crippen LogP contribution >= 0.6 is 23.2 Å². The van der Waals surface area contributed by atoms with Gasteiger partial charge in [-0.3, -0.25) is 4.98 Å². The molecule has 1 aromatic heterocycles. The third-order valence-electron chi connectivity index (χ3n) is 2.55. The molecule has 0 amide bonds. The lowest BCUT2D eigenvalue weighted by atomic mass is 10.0. The maximum atomic E-state index is 6.04. The predicted molar refractivity (Wildman–Crippen MR) is 58.5 cm³/mol. The lowest BCUT2D eigenvalue weighted by Gasteiger charge is -2.14. The second-order valence-electron chi connectivity index (χ2n) is 3.80. The third kappa shape index (κ3) is 2.19. The molecule has 1 saturated carbocycles. The first-order valence-electron chi connectivity index (χ1n) is 4.73. The van der Waals surface area contributed by atoms with E-state index in [4.69, 9.17) is 28.9 Å². The summed E-state index contributed by atoms with van der Waals surface area (Å²) in [6.45, 7) is 0. The van der Waals surface area contributed by atoms with Crippen LogP contribution in [0, 0.1) is 5.92 Å². The van der Waals surface area contributed by atoms with Gasteiger partial charge in [0.15, 0.2) is 0 Å². The Kier molecular flexibility index (Phi) is 2.96. The summed E-state index contributed by atoms with van der Waals surface area (Å²) in [5.41, 5.74) is 6.88. The Bertz CT molecular complexity index is 317. The van der Waals surface area contributed by atoms with Crippen LogP contribution in [0.15, 0.2) is 12.4 Å². The molecule has 1 aliphatic rings. The van der Waals surface area contributed by atoms with E-state index in [-0.39, 0.29) is 6.04 Å². The van der Waals surface area contributed by atoms with E-state index in [1.807, 2.05) is 0 Å². The van der Waals surface area contributed by atoms with E-state index in [9.17, 15) is 0 Å². The summed E-state index contributed by atoms with van der Waals surface area (Å²) in [6, 6.07) is -0.0505. The number of nitrogens with two attached hydrogens (primary N) is 1. The average molecular weight is 231 g/mol. The molecule has 1 heterocycles. The Labute approximate surface area is 93.4 Å². The third-order valence-corrected chi connectivity index (χ3v) is 3.15. The molecule has 2 rings (SSSR count). The van der Waals surface area contributed by atoms with Gasteiger partial charge < -0.3 is 5.73 Å². The van der Waals surface area contributed by atoms with Crippen molar-refractivity contribution < 1.29 is 0 Å². The van der Waals surface area contributed by atoms with Crippen molar-refractivity contribution in [3.05, 3.63) is 28.0 Å². The topological polar surface area (TPSA) is 38.9 Å². The first kappa shape index (κ1) is 10.2. The Morgan fingerprint density at radius 3 is 2.43 bits per heavy atom. The maximum absolute atomic E-state index is 6.04. The lowest BCUT2D eigenvalue weighted by Crippen LogP contribution is -2.12. The molecular weight excluding hydrogens is 219 g/mol. The Morgan fingerprint density at radius 1 is 1.36 bits per heavy atom. The van der Waals surface area contributed by atoms with E-state index < -0.39 is 0 Å². The summed E-state index contributed by atoms with van der Waals surface area (Å²) in [5, 5.41) is 1.15. The highest BCUT2D eigenvalue weighted by molar-refractivity contribution is 6.35. The van der Waals surface area contributed by atoms with Gasteiger partial charge in [0.1, 0.15) is 0 Å². The van der Waals surface area contributed by atoms with Gasteiger partial charge >= 0.3 is 0 Å². The summed E-state index contributed by atoms with van der Waals surface area (Å²) < 4.78 is 0. The van der Waals surface area contributed by atoms with Gasteiger partial charge in [-0.05, 0) is 12.3 Å². The summed E-state index contributed by atoms with van der Waals surface area (Å²) in [4.78, 5) is 3.90. The molecule has 2 nitrogen and oxygen atoms in total. The molecule has 4 heteroatoms. The van der Waals surface area contributed by atoms with Gasteiger partial charge in [0.25, 0.3) is 0 Å². The zero-order valence-electron chi connectivity index (χ0n) is 7.71. The van der Waals surface area contributed by atoms with E-state index in [1.165, 1.54) is 12.8 Å². The van der Waals surface area contributed by atoms with Gasteiger partial charge in [0.2, 0.25) is 0 Å². The molecule has 0 radical (unpaired) electrons. The highest BCUT2D eigenvalue weighted by Crippen LogP contribution is 2.39. The minimum Gasteiger partial charge on any atom is -0.324 e. The second kappa shape index (κ2) is 4.05. The number of rotatable bonds is 3. The highest BCUT2D eigenvalue weighted by Gasteiger charge is 2.26. The van der Waals surface area contributed by atoms with E-state index in [0.717, 1.165) is 17.9 Å². The normalized spacial score (nSPS) is 18.2. The minimum absolute atomic E-state index is 0.0505. The number of hydrogen-bond acceptors (Lipinski definition) is 2. The fourth-order valence-corrected chi connectivity index (χ4v) is 2.25. The quantitative estimate of drug-likeness (QED) is 0.867. The molecule has 1 fully saturated rings. The first-order chi connectivity index (χ1) is 6.68. The van der Waals surface area contributed by atoms with Crippen LogP contribution in [0.2, 0.25) is 10.0 Å². The van der Waals surface area contributed by atoms with E-state index in [2.05, 4.69) is 4.98 Å². The van der Waals surface area contributed by atoms with Gasteiger partial charge in [-0.1, -0.05) is 36.0 Å². The fourth-order valence-electron chi connectivity index (χ4n) is 1.61. The van der Waals surface area contributed by atoms with Crippen molar-refractivity contribution in [2.75, 3.05) is 0 Å². The standard InChI is InChI=1S/C10H12Cl2N2/c11-7-4-14-5-8(12)10(7)9(13)3-6-1-2-6/h4-6,9H,1-3,13H2/t9-/m0/s1. The van der Waals surface area contributed by atoms with Gasteiger partial charge in [-0.2, -0.15) is 0 Å². The van der Waals surface area contributed by atoms with Crippen molar-refractivity contribution in [1.29, 1.82) is 0 Å². The molecule has 2 N–H and O–H groups in total. The molecule has 0 aromatic carbocycles. The zero-order chi connectivity index (χ0) is 10.1. The average Bonchev–Trinajstić information content (AvgIpc) is 2.87. The van der Waals surface area contributed by atoms with E-state index in [0.29, 0.717) is 10.0 Å². The number of halogens is 2.